The van der Waals surface area contributed by atoms with Crippen LogP contribution in [0.4, 0.5) is 0 Å². The molecule has 0 radical (unpaired) electrons. The van der Waals surface area contributed by atoms with Crippen molar-refractivity contribution < 1.29 is 80.2 Å². The highest BCUT2D eigenvalue weighted by atomic mass is 31.2. The zero-order valence-electron chi connectivity index (χ0n) is 68.4. The van der Waals surface area contributed by atoms with Gasteiger partial charge in [-0.15, -0.1) is 0 Å². The summed E-state index contributed by atoms with van der Waals surface area (Å²) in [4.78, 5) is 73.2. The predicted molar refractivity (Wildman–Crippen MR) is 454 cm³/mol. The third-order valence-corrected chi connectivity index (χ3v) is 18.7. The van der Waals surface area contributed by atoms with Crippen LogP contribution >= 0.6 is 15.6 Å². The third-order valence-electron chi connectivity index (χ3n) is 16.8. The van der Waals surface area contributed by atoms with Crippen molar-refractivity contribution in [3.63, 3.8) is 0 Å². The molecular weight excluding hydrogens is 1430 g/mol. The van der Waals surface area contributed by atoms with Crippen molar-refractivity contribution in [2.75, 3.05) is 39.6 Å². The molecule has 624 valence electrons. The number of allylic oxidation sites excluding steroid dienone is 30. The summed E-state index contributed by atoms with van der Waals surface area (Å²) in [7, 11) is -10.0. The van der Waals surface area contributed by atoms with E-state index in [1.807, 2.05) is 12.2 Å². The summed E-state index contributed by atoms with van der Waals surface area (Å²) < 4.78 is 68.7. The number of aliphatic hydroxyl groups is 1. The molecule has 0 aromatic heterocycles. The Hall–Kier alpha value is -5.84. The Kier molecular flexibility index (Phi) is 76.9. The number of hydrogen-bond acceptors (Lipinski definition) is 15. The standard InChI is InChI=1S/C91H148O17P2/c1-5-9-13-17-21-25-29-33-37-40-42-45-49-52-56-60-64-68-72-76-89(94)102-82-87(108-91(96)78-74-70-66-62-58-54-50-46-43-41-38-34-30-26-22-18-14-10-6-2)84-106-110(99,100)104-80-85(92)79-103-109(97,98)105-83-86(107-90(95)77-73-69-65-61-57-53-47-36-32-28-24-20-16-12-8-4)81-101-88(93)75-71-67-63-59-55-51-48-44-39-35-31-27-23-19-15-11-7-3/h9,11-13,15-16,21-28,33-39,42-43,45-48,51,59,63,85-87,92H,5-8,10,14,17-20,29-32,40-41,44,49-50,52-58,60-62,64-84H2,1-4H3,(H,97,98)(H,99,100)/b13-9-,15-11-,16-12-,25-21-,26-22-,27-23-,28-24-,37-33-,38-34-,39-35-,45-42-,46-43-,47-36-,51-48-,63-59-. The van der Waals surface area contributed by atoms with Gasteiger partial charge in [-0.3, -0.25) is 37.3 Å². The summed E-state index contributed by atoms with van der Waals surface area (Å²) in [6, 6.07) is 0. The zero-order chi connectivity index (χ0) is 80.3. The van der Waals surface area contributed by atoms with Gasteiger partial charge in [-0.25, -0.2) is 9.13 Å². The number of unbranched alkanes of at least 4 members (excludes halogenated alkanes) is 21. The molecule has 3 N–H and O–H groups in total. The topological polar surface area (TPSA) is 237 Å². The van der Waals surface area contributed by atoms with Crippen molar-refractivity contribution >= 4 is 39.5 Å². The van der Waals surface area contributed by atoms with E-state index in [1.54, 1.807) is 0 Å². The van der Waals surface area contributed by atoms with E-state index in [-0.39, 0.29) is 25.7 Å². The van der Waals surface area contributed by atoms with Gasteiger partial charge in [0.15, 0.2) is 12.2 Å². The van der Waals surface area contributed by atoms with E-state index in [0.717, 1.165) is 205 Å². The third kappa shape index (κ3) is 80.2. The van der Waals surface area contributed by atoms with Crippen LogP contribution in [0.3, 0.4) is 0 Å². The van der Waals surface area contributed by atoms with E-state index in [4.69, 9.17) is 37.0 Å². The summed E-state index contributed by atoms with van der Waals surface area (Å²) in [5, 5.41) is 10.7. The summed E-state index contributed by atoms with van der Waals surface area (Å²) in [5.41, 5.74) is 0. The first-order valence-corrected chi connectivity index (χ1v) is 45.0. The van der Waals surface area contributed by atoms with Crippen LogP contribution < -0.4 is 0 Å². The molecule has 0 bridgehead atoms. The molecule has 5 unspecified atom stereocenters. The maximum absolute atomic E-state index is 13.1. The van der Waals surface area contributed by atoms with E-state index in [2.05, 4.69) is 198 Å². The molecule has 19 heteroatoms. The number of carbonyl (C=O) groups is 4. The molecule has 0 aromatic rings. The molecule has 0 saturated carbocycles. The van der Waals surface area contributed by atoms with Gasteiger partial charge in [-0.1, -0.05) is 293 Å². The number of phosphoric ester groups is 2. The molecule has 17 nitrogen and oxygen atoms in total. The lowest BCUT2D eigenvalue weighted by atomic mass is 10.1. The molecule has 0 heterocycles. The quantitative estimate of drug-likeness (QED) is 0.0169. The molecule has 0 rings (SSSR count). The van der Waals surface area contributed by atoms with Crippen molar-refractivity contribution in [2.24, 2.45) is 0 Å². The normalized spacial score (nSPS) is 14.7. The SMILES string of the molecule is CC/C=C\C/C=C\C/C=C\C/C=C\C/C=C\CCCC(=O)OCC(COP(=O)(O)OCC(O)COP(=O)(O)OCC(COC(=O)CCCCCCCC/C=C\C/C=C\C/C=C\C/C=C\CC)OC(=O)CCCCCCCC/C=C\C/C=C\C/C=C\CCCCC)OC(=O)CCCCCCC/C=C\C/C=C\C/C=C\CC. The molecule has 0 spiro atoms. The average molecular weight is 1580 g/mol. The molecule has 5 atom stereocenters. The van der Waals surface area contributed by atoms with E-state index in [1.165, 1.54) is 19.3 Å². The fraction of sp³-hybridized carbons (Fsp3) is 0.626. The Balaban J connectivity index is 5.48. The van der Waals surface area contributed by atoms with Gasteiger partial charge in [-0.2, -0.15) is 0 Å². The van der Waals surface area contributed by atoms with Crippen molar-refractivity contribution in [1.29, 1.82) is 0 Å². The lowest BCUT2D eigenvalue weighted by molar-refractivity contribution is -0.161. The number of phosphoric acid groups is 2. The fourth-order valence-electron chi connectivity index (χ4n) is 10.6. The zero-order valence-corrected chi connectivity index (χ0v) is 70.1. The molecule has 0 aliphatic heterocycles. The van der Waals surface area contributed by atoms with Gasteiger partial charge in [0.2, 0.25) is 0 Å². The molecular formula is C91H148O17P2. The predicted octanol–water partition coefficient (Wildman–Crippen LogP) is 25.1. The molecule has 0 aromatic carbocycles. The van der Waals surface area contributed by atoms with Gasteiger partial charge < -0.3 is 33.8 Å². The van der Waals surface area contributed by atoms with Crippen molar-refractivity contribution in [1.82, 2.24) is 0 Å². The second-order valence-corrected chi connectivity index (χ2v) is 30.2. The number of rotatable bonds is 77. The summed E-state index contributed by atoms with van der Waals surface area (Å²) >= 11 is 0. The highest BCUT2D eigenvalue weighted by Gasteiger charge is 2.30. The Morgan fingerprint density at radius 2 is 0.482 bits per heavy atom. The van der Waals surface area contributed by atoms with Gasteiger partial charge >= 0.3 is 39.5 Å². The van der Waals surface area contributed by atoms with E-state index < -0.39 is 97.5 Å². The Morgan fingerprint density at radius 3 is 0.764 bits per heavy atom. The van der Waals surface area contributed by atoms with Crippen LogP contribution in [0.25, 0.3) is 0 Å². The summed E-state index contributed by atoms with van der Waals surface area (Å²) in [5.74, 6) is -2.30. The lowest BCUT2D eigenvalue weighted by Gasteiger charge is -2.21. The number of aliphatic hydroxyl groups excluding tert-OH is 1. The maximum Gasteiger partial charge on any atom is 0.472 e. The van der Waals surface area contributed by atoms with E-state index >= 15 is 0 Å². The van der Waals surface area contributed by atoms with Crippen molar-refractivity contribution in [3.05, 3.63) is 182 Å². The number of esters is 4. The smallest absolute Gasteiger partial charge is 0.462 e. The van der Waals surface area contributed by atoms with Crippen LogP contribution in [0.5, 0.6) is 0 Å². The average Bonchev–Trinajstić information content (AvgIpc) is 0.911. The lowest BCUT2D eigenvalue weighted by Crippen LogP contribution is -2.30. The Labute approximate surface area is 666 Å². The maximum atomic E-state index is 13.1. The molecule has 0 aliphatic carbocycles. The minimum Gasteiger partial charge on any atom is -0.462 e. The highest BCUT2D eigenvalue weighted by molar-refractivity contribution is 7.47. The minimum atomic E-state index is -5.01. The summed E-state index contributed by atoms with van der Waals surface area (Å²) in [6.07, 6.45) is 98.6. The van der Waals surface area contributed by atoms with Gasteiger partial charge in [0, 0.05) is 25.7 Å². The molecule has 0 fully saturated rings. The van der Waals surface area contributed by atoms with Crippen molar-refractivity contribution in [3.8, 4) is 0 Å². The van der Waals surface area contributed by atoms with Gasteiger partial charge in [0.05, 0.1) is 26.4 Å². The first kappa shape index (κ1) is 104. The van der Waals surface area contributed by atoms with E-state index in [0.29, 0.717) is 32.1 Å². The number of carbonyl (C=O) groups excluding carboxylic acids is 4. The van der Waals surface area contributed by atoms with Gasteiger partial charge in [0.1, 0.15) is 19.3 Å². The fourth-order valence-corrected chi connectivity index (χ4v) is 12.1. The van der Waals surface area contributed by atoms with Crippen LogP contribution in [0, 0.1) is 0 Å². The Morgan fingerprint density at radius 1 is 0.264 bits per heavy atom. The van der Waals surface area contributed by atoms with Crippen LogP contribution in [-0.2, 0) is 65.4 Å². The van der Waals surface area contributed by atoms with Crippen LogP contribution in [-0.4, -0.2) is 96.7 Å². The minimum absolute atomic E-state index is 0.0563. The van der Waals surface area contributed by atoms with Gasteiger partial charge in [-0.05, 0) is 173 Å². The summed E-state index contributed by atoms with van der Waals surface area (Å²) in [6.45, 7) is 4.40. The molecule has 0 saturated heterocycles. The highest BCUT2D eigenvalue weighted by Crippen LogP contribution is 2.45. The largest absolute Gasteiger partial charge is 0.472 e. The second-order valence-electron chi connectivity index (χ2n) is 27.3. The van der Waals surface area contributed by atoms with E-state index in [9.17, 15) is 43.2 Å². The second kappa shape index (κ2) is 81.2. The first-order chi connectivity index (χ1) is 53.7. The Bertz CT molecular complexity index is 2800. The van der Waals surface area contributed by atoms with Gasteiger partial charge in [0.25, 0.3) is 0 Å². The number of ether oxygens (including phenoxy) is 4. The van der Waals surface area contributed by atoms with Crippen LogP contribution in [0.2, 0.25) is 0 Å². The monoisotopic (exact) mass is 1580 g/mol. The van der Waals surface area contributed by atoms with Crippen molar-refractivity contribution in [2.45, 2.75) is 329 Å². The molecule has 0 aliphatic rings. The molecule has 0 amide bonds. The number of hydrogen-bond donors (Lipinski definition) is 3. The first-order valence-electron chi connectivity index (χ1n) is 42.0. The van der Waals surface area contributed by atoms with Crippen LogP contribution in [0.1, 0.15) is 310 Å². The molecule has 110 heavy (non-hydrogen) atoms. The van der Waals surface area contributed by atoms with Crippen LogP contribution in [0.15, 0.2) is 182 Å².